The number of furan rings is 1. The highest BCUT2D eigenvalue weighted by atomic mass is 79.9. The summed E-state index contributed by atoms with van der Waals surface area (Å²) in [6, 6.07) is 1.41. The Hall–Kier alpha value is -0.410. The lowest BCUT2D eigenvalue weighted by atomic mass is 10.5. The number of hydrogen-bond acceptors (Lipinski definition) is 5. The second-order valence-electron chi connectivity index (χ2n) is 3.30. The Morgan fingerprint density at radius 2 is 2.29 bits per heavy atom. The van der Waals surface area contributed by atoms with Gasteiger partial charge in [-0.25, -0.2) is 13.1 Å². The Bertz CT molecular complexity index is 458. The number of hydrogen-bond donors (Lipinski definition) is 2. The molecule has 1 aromatic heterocycles. The number of methoxy groups -OCH3 is 1. The molecule has 0 unspecified atom stereocenters. The average molecular weight is 327 g/mol. The molecule has 0 saturated carbocycles. The third-order valence-electron chi connectivity index (χ3n) is 2.01. The number of sulfonamides is 1. The summed E-state index contributed by atoms with van der Waals surface area (Å²) >= 11 is 3.05. The first kappa shape index (κ1) is 14.7. The van der Waals surface area contributed by atoms with E-state index in [9.17, 15) is 8.42 Å². The minimum Gasteiger partial charge on any atom is -0.452 e. The molecule has 1 rings (SSSR count). The lowest BCUT2D eigenvalue weighted by Gasteiger charge is -2.04. The van der Waals surface area contributed by atoms with Crippen molar-refractivity contribution in [2.45, 2.75) is 17.9 Å². The molecular formula is C9H15BrN2O4S. The predicted molar refractivity (Wildman–Crippen MR) is 66.0 cm³/mol. The maximum Gasteiger partial charge on any atom is 0.244 e. The van der Waals surface area contributed by atoms with Crippen LogP contribution in [0, 0.1) is 0 Å². The van der Waals surface area contributed by atoms with Crippen LogP contribution in [0.1, 0.15) is 12.2 Å². The second-order valence-corrected chi connectivity index (χ2v) is 5.75. The Balaban J connectivity index is 2.72. The Kier molecular flexibility index (Phi) is 5.60. The van der Waals surface area contributed by atoms with E-state index in [1.807, 2.05) is 0 Å². The van der Waals surface area contributed by atoms with Gasteiger partial charge in [-0.1, -0.05) is 0 Å². The molecule has 1 heterocycles. The molecule has 0 aliphatic carbocycles. The molecule has 0 radical (unpaired) electrons. The maximum absolute atomic E-state index is 11.9. The maximum atomic E-state index is 11.9. The molecule has 98 valence electrons. The van der Waals surface area contributed by atoms with Crippen LogP contribution >= 0.6 is 15.9 Å². The van der Waals surface area contributed by atoms with Crippen LogP contribution in [0.4, 0.5) is 0 Å². The fraction of sp³-hybridized carbons (Fsp3) is 0.556. The van der Waals surface area contributed by atoms with Crippen molar-refractivity contribution in [2.24, 2.45) is 5.73 Å². The standard InChI is InChI=1S/C9H15BrN2O4S/c1-15-4-2-3-12-17(13,14)8-5-7(6-11)16-9(8)10/h5,12H,2-4,6,11H2,1H3. The number of nitrogens with one attached hydrogen (secondary N) is 1. The molecule has 17 heavy (non-hydrogen) atoms. The summed E-state index contributed by atoms with van der Waals surface area (Å²) in [6.07, 6.45) is 0.606. The van der Waals surface area contributed by atoms with Crippen molar-refractivity contribution in [1.29, 1.82) is 0 Å². The summed E-state index contributed by atoms with van der Waals surface area (Å²) in [5, 5.41) is 0. The van der Waals surface area contributed by atoms with Gasteiger partial charge in [0.25, 0.3) is 0 Å². The summed E-state index contributed by atoms with van der Waals surface area (Å²) in [7, 11) is -2.00. The fourth-order valence-electron chi connectivity index (χ4n) is 1.18. The van der Waals surface area contributed by atoms with E-state index in [4.69, 9.17) is 14.9 Å². The largest absolute Gasteiger partial charge is 0.452 e. The lowest BCUT2D eigenvalue weighted by molar-refractivity contribution is 0.196. The first-order valence-corrected chi connectivity index (χ1v) is 7.25. The van der Waals surface area contributed by atoms with Gasteiger partial charge >= 0.3 is 0 Å². The molecule has 1 aromatic rings. The predicted octanol–water partition coefficient (Wildman–Crippen LogP) is 0.816. The Morgan fingerprint density at radius 3 is 2.82 bits per heavy atom. The van der Waals surface area contributed by atoms with Gasteiger partial charge < -0.3 is 14.9 Å². The lowest BCUT2D eigenvalue weighted by Crippen LogP contribution is -2.25. The normalized spacial score (nSPS) is 11.9. The monoisotopic (exact) mass is 326 g/mol. The van der Waals surface area contributed by atoms with Crippen molar-refractivity contribution in [3.8, 4) is 0 Å². The van der Waals surface area contributed by atoms with E-state index in [-0.39, 0.29) is 16.1 Å². The van der Waals surface area contributed by atoms with Crippen LogP contribution in [-0.2, 0) is 21.3 Å². The zero-order chi connectivity index (χ0) is 12.9. The van der Waals surface area contributed by atoms with Gasteiger partial charge in [0.05, 0.1) is 6.54 Å². The molecule has 0 bridgehead atoms. The van der Waals surface area contributed by atoms with Gasteiger partial charge in [-0.2, -0.15) is 0 Å². The topological polar surface area (TPSA) is 94.6 Å². The minimum absolute atomic E-state index is 0.0652. The van der Waals surface area contributed by atoms with Gasteiger partial charge in [0.15, 0.2) is 4.67 Å². The molecule has 6 nitrogen and oxygen atoms in total. The van der Waals surface area contributed by atoms with Crippen LogP contribution in [0.3, 0.4) is 0 Å². The van der Waals surface area contributed by atoms with E-state index in [0.717, 1.165) is 0 Å². The number of ether oxygens (including phenoxy) is 1. The smallest absolute Gasteiger partial charge is 0.244 e. The van der Waals surface area contributed by atoms with Crippen molar-refractivity contribution in [3.63, 3.8) is 0 Å². The van der Waals surface area contributed by atoms with E-state index >= 15 is 0 Å². The molecule has 0 atom stereocenters. The summed E-state index contributed by atoms with van der Waals surface area (Å²) < 4.78 is 36.3. The van der Waals surface area contributed by atoms with Gasteiger partial charge in [0.1, 0.15) is 10.7 Å². The second kappa shape index (κ2) is 6.50. The number of nitrogens with two attached hydrogens (primary N) is 1. The third kappa shape index (κ3) is 4.07. The highest BCUT2D eigenvalue weighted by Gasteiger charge is 2.21. The van der Waals surface area contributed by atoms with E-state index in [1.165, 1.54) is 6.07 Å². The number of rotatable bonds is 7. The highest BCUT2D eigenvalue weighted by molar-refractivity contribution is 9.10. The van der Waals surface area contributed by atoms with Gasteiger partial charge in [-0.15, -0.1) is 0 Å². The molecule has 0 saturated heterocycles. The molecule has 0 aliphatic rings. The molecular weight excluding hydrogens is 312 g/mol. The first-order valence-electron chi connectivity index (χ1n) is 4.98. The van der Waals surface area contributed by atoms with Crippen molar-refractivity contribution >= 4 is 26.0 Å². The molecule has 0 aliphatic heterocycles. The summed E-state index contributed by atoms with van der Waals surface area (Å²) in [4.78, 5) is 0.0652. The molecule has 0 fully saturated rings. The highest BCUT2D eigenvalue weighted by Crippen LogP contribution is 2.25. The van der Waals surface area contributed by atoms with Gasteiger partial charge in [-0.05, 0) is 22.4 Å². The molecule has 0 aromatic carbocycles. The minimum atomic E-state index is -3.56. The van der Waals surface area contributed by atoms with E-state index in [2.05, 4.69) is 20.7 Å². The first-order chi connectivity index (χ1) is 8.01. The Labute approximate surface area is 109 Å². The zero-order valence-electron chi connectivity index (χ0n) is 9.40. The summed E-state index contributed by atoms with van der Waals surface area (Å²) in [6.45, 7) is 0.965. The number of halogens is 1. The molecule has 8 heteroatoms. The zero-order valence-corrected chi connectivity index (χ0v) is 11.8. The summed E-state index contributed by atoms with van der Waals surface area (Å²) in [5.74, 6) is 0.411. The van der Waals surface area contributed by atoms with Gasteiger partial charge in [-0.3, -0.25) is 0 Å². The summed E-state index contributed by atoms with van der Waals surface area (Å²) in [5.41, 5.74) is 5.37. The quantitative estimate of drug-likeness (QED) is 0.723. The van der Waals surface area contributed by atoms with Crippen LogP contribution in [-0.4, -0.2) is 28.7 Å². The molecule has 0 amide bonds. The van der Waals surface area contributed by atoms with Crippen LogP contribution in [0.25, 0.3) is 0 Å². The van der Waals surface area contributed by atoms with Crippen LogP contribution < -0.4 is 10.5 Å². The van der Waals surface area contributed by atoms with E-state index < -0.39 is 10.0 Å². The van der Waals surface area contributed by atoms with Crippen LogP contribution in [0.5, 0.6) is 0 Å². The van der Waals surface area contributed by atoms with Crippen molar-refractivity contribution < 1.29 is 17.6 Å². The average Bonchev–Trinajstić information content (AvgIpc) is 2.67. The third-order valence-corrected chi connectivity index (χ3v) is 4.33. The van der Waals surface area contributed by atoms with Crippen molar-refractivity contribution in [1.82, 2.24) is 4.72 Å². The Morgan fingerprint density at radius 1 is 1.59 bits per heavy atom. The van der Waals surface area contributed by atoms with Crippen LogP contribution in [0.15, 0.2) is 20.0 Å². The SMILES string of the molecule is COCCCNS(=O)(=O)c1cc(CN)oc1Br. The van der Waals surface area contributed by atoms with E-state index in [1.54, 1.807) is 7.11 Å². The molecule has 3 N–H and O–H groups in total. The van der Waals surface area contributed by atoms with Gasteiger partial charge in [0.2, 0.25) is 10.0 Å². The van der Waals surface area contributed by atoms with E-state index in [0.29, 0.717) is 25.3 Å². The van der Waals surface area contributed by atoms with Crippen molar-refractivity contribution in [3.05, 3.63) is 16.5 Å². The van der Waals surface area contributed by atoms with Crippen LogP contribution in [0.2, 0.25) is 0 Å². The van der Waals surface area contributed by atoms with Gasteiger partial charge in [0, 0.05) is 26.3 Å². The molecule has 0 spiro atoms. The van der Waals surface area contributed by atoms with Crippen molar-refractivity contribution in [2.75, 3.05) is 20.3 Å². The fourth-order valence-corrected chi connectivity index (χ4v) is 3.25.